The lowest BCUT2D eigenvalue weighted by molar-refractivity contribution is -0.0660. The molecule has 2 rings (SSSR count). The van der Waals surface area contributed by atoms with Crippen molar-refractivity contribution < 1.29 is 19.7 Å². The topological polar surface area (TPSA) is 80.9 Å². The molecule has 0 amide bonds. The quantitative estimate of drug-likeness (QED) is 0.863. The van der Waals surface area contributed by atoms with Crippen LogP contribution < -0.4 is 15.0 Å². The van der Waals surface area contributed by atoms with Crippen LogP contribution in [0.4, 0.5) is 0 Å². The van der Waals surface area contributed by atoms with Gasteiger partial charge in [-0.25, -0.2) is 0 Å². The number of nitrogens with zero attached hydrogens (tertiary/aromatic N) is 1. The number of aliphatic hydroxyl groups excluding tert-OH is 1. The number of methoxy groups -OCH3 is 1. The third-order valence-corrected chi connectivity index (χ3v) is 3.62. The molecule has 1 atom stereocenters. The second-order valence-corrected chi connectivity index (χ2v) is 5.74. The van der Waals surface area contributed by atoms with Crippen LogP contribution in [-0.4, -0.2) is 40.2 Å². The number of aryl methyl sites for hydroxylation is 1. The molecule has 0 saturated carbocycles. The van der Waals surface area contributed by atoms with E-state index in [1.807, 2.05) is 6.07 Å². The highest BCUT2D eigenvalue weighted by atomic mass is 16.5. The molecule has 0 unspecified atom stereocenters. The molecule has 0 bridgehead atoms. The molecule has 0 aliphatic rings. The van der Waals surface area contributed by atoms with Gasteiger partial charge in [-0.2, -0.15) is 0 Å². The van der Waals surface area contributed by atoms with Crippen molar-refractivity contribution in [2.45, 2.75) is 25.6 Å². The van der Waals surface area contributed by atoms with E-state index in [0.29, 0.717) is 17.0 Å². The van der Waals surface area contributed by atoms with Gasteiger partial charge in [0, 0.05) is 18.5 Å². The lowest BCUT2D eigenvalue weighted by atomic mass is 10.0. The largest absolute Gasteiger partial charge is 0.496 e. The summed E-state index contributed by atoms with van der Waals surface area (Å²) >= 11 is 0. The van der Waals surface area contributed by atoms with Crippen LogP contribution in [0.3, 0.4) is 0 Å². The molecule has 0 saturated heterocycles. The maximum atomic E-state index is 12.0. The summed E-state index contributed by atoms with van der Waals surface area (Å²) in [5.74, 6) is 0.908. The predicted molar refractivity (Wildman–Crippen MR) is 83.5 cm³/mol. The molecule has 120 valence electrons. The van der Waals surface area contributed by atoms with Gasteiger partial charge < -0.3 is 24.3 Å². The van der Waals surface area contributed by atoms with Gasteiger partial charge in [0.1, 0.15) is 24.2 Å². The van der Waals surface area contributed by atoms with E-state index < -0.39 is 11.7 Å². The van der Waals surface area contributed by atoms with Crippen LogP contribution in [-0.2, 0) is 7.05 Å². The molecule has 0 aliphatic carbocycles. The lowest BCUT2D eigenvalue weighted by Gasteiger charge is -2.24. The van der Waals surface area contributed by atoms with Crippen molar-refractivity contribution in [2.24, 2.45) is 7.05 Å². The first-order valence-corrected chi connectivity index (χ1v) is 6.95. The van der Waals surface area contributed by atoms with Gasteiger partial charge in [0.2, 0.25) is 0 Å². The van der Waals surface area contributed by atoms with Crippen molar-refractivity contribution in [3.05, 3.63) is 34.6 Å². The van der Waals surface area contributed by atoms with Gasteiger partial charge in [0.05, 0.1) is 18.2 Å². The minimum atomic E-state index is -1.27. The summed E-state index contributed by atoms with van der Waals surface area (Å²) in [6.45, 7) is 2.92. The van der Waals surface area contributed by atoms with Crippen LogP contribution >= 0.6 is 0 Å². The number of fused-ring (bicyclic) bond motifs is 1. The Morgan fingerprint density at radius 3 is 2.59 bits per heavy atom. The summed E-state index contributed by atoms with van der Waals surface area (Å²) in [4.78, 5) is 12.0. The Balaban J connectivity index is 2.47. The summed E-state index contributed by atoms with van der Waals surface area (Å²) in [5, 5.41) is 20.4. The van der Waals surface area contributed by atoms with Gasteiger partial charge in [0.15, 0.2) is 0 Å². The van der Waals surface area contributed by atoms with Gasteiger partial charge in [-0.3, -0.25) is 4.79 Å². The van der Waals surface area contributed by atoms with Crippen LogP contribution in [0.5, 0.6) is 11.5 Å². The van der Waals surface area contributed by atoms with Gasteiger partial charge in [-0.05, 0) is 26.0 Å². The monoisotopic (exact) mass is 307 g/mol. The Morgan fingerprint density at radius 1 is 1.32 bits per heavy atom. The number of benzene rings is 1. The maximum Gasteiger partial charge on any atom is 0.254 e. The fourth-order valence-corrected chi connectivity index (χ4v) is 2.12. The van der Waals surface area contributed by atoms with Crippen molar-refractivity contribution in [3.63, 3.8) is 0 Å². The number of rotatable bonds is 5. The summed E-state index contributed by atoms with van der Waals surface area (Å²) in [5.41, 5.74) is -0.910. The second-order valence-electron chi connectivity index (χ2n) is 5.74. The van der Waals surface area contributed by atoms with Crippen molar-refractivity contribution >= 4 is 10.9 Å². The number of aliphatic hydroxyl groups is 2. The number of para-hydroxylation sites is 1. The lowest BCUT2D eigenvalue weighted by Crippen LogP contribution is -2.40. The minimum absolute atomic E-state index is 0.0893. The molecule has 1 aromatic carbocycles. The normalized spacial score (nSPS) is 13.2. The molecule has 22 heavy (non-hydrogen) atoms. The molecule has 6 heteroatoms. The summed E-state index contributed by atoms with van der Waals surface area (Å²) < 4.78 is 12.3. The predicted octanol–water partition coefficient (Wildman–Crippen LogP) is 1.06. The van der Waals surface area contributed by atoms with Crippen molar-refractivity contribution in [2.75, 3.05) is 13.7 Å². The zero-order valence-corrected chi connectivity index (χ0v) is 13.2. The average molecular weight is 307 g/mol. The molecular weight excluding hydrogens is 286 g/mol. The van der Waals surface area contributed by atoms with Gasteiger partial charge >= 0.3 is 0 Å². The zero-order valence-electron chi connectivity index (χ0n) is 13.2. The molecule has 2 aromatic rings. The molecule has 6 nitrogen and oxygen atoms in total. The molecule has 0 fully saturated rings. The Kier molecular flexibility index (Phi) is 4.44. The van der Waals surface area contributed by atoms with Crippen LogP contribution in [0.25, 0.3) is 10.9 Å². The van der Waals surface area contributed by atoms with Crippen molar-refractivity contribution in [1.82, 2.24) is 4.57 Å². The second kappa shape index (κ2) is 5.98. The SMILES string of the molecule is COc1cc(=O)n(C)c2c(OC[C@H](O)C(C)(C)O)cccc12. The highest BCUT2D eigenvalue weighted by molar-refractivity contribution is 5.90. The maximum absolute atomic E-state index is 12.0. The Labute approximate surface area is 128 Å². The third kappa shape index (κ3) is 3.08. The average Bonchev–Trinajstić information content (AvgIpc) is 2.47. The van der Waals surface area contributed by atoms with Crippen LogP contribution in [0.15, 0.2) is 29.1 Å². The van der Waals surface area contributed by atoms with Crippen LogP contribution in [0, 0.1) is 0 Å². The van der Waals surface area contributed by atoms with E-state index in [0.717, 1.165) is 5.39 Å². The first kappa shape index (κ1) is 16.3. The molecule has 1 aromatic heterocycles. The van der Waals surface area contributed by atoms with E-state index in [9.17, 15) is 15.0 Å². The van der Waals surface area contributed by atoms with E-state index in [-0.39, 0.29) is 12.2 Å². The number of hydrogen-bond donors (Lipinski definition) is 2. The van der Waals surface area contributed by atoms with Crippen LogP contribution in [0.1, 0.15) is 13.8 Å². The number of ether oxygens (including phenoxy) is 2. The number of pyridine rings is 1. The van der Waals surface area contributed by atoms with Gasteiger partial charge in [0.25, 0.3) is 5.56 Å². The summed E-state index contributed by atoms with van der Waals surface area (Å²) in [6, 6.07) is 6.73. The summed E-state index contributed by atoms with van der Waals surface area (Å²) in [7, 11) is 3.14. The minimum Gasteiger partial charge on any atom is -0.496 e. The van der Waals surface area contributed by atoms with Gasteiger partial charge in [-0.15, -0.1) is 0 Å². The molecule has 0 aliphatic heterocycles. The highest BCUT2D eigenvalue weighted by Crippen LogP contribution is 2.30. The standard InChI is InChI=1S/C16H21NO5/c1-16(2,20)13(18)9-22-11-7-5-6-10-12(21-4)8-14(19)17(3)15(10)11/h5-8,13,18,20H,9H2,1-4H3/t13-/m0/s1. The van der Waals surface area contributed by atoms with E-state index in [4.69, 9.17) is 9.47 Å². The highest BCUT2D eigenvalue weighted by Gasteiger charge is 2.25. The van der Waals surface area contributed by atoms with E-state index in [1.165, 1.54) is 31.6 Å². The van der Waals surface area contributed by atoms with E-state index in [1.54, 1.807) is 19.2 Å². The van der Waals surface area contributed by atoms with Gasteiger partial charge in [-0.1, -0.05) is 6.07 Å². The van der Waals surface area contributed by atoms with Crippen molar-refractivity contribution in [1.29, 1.82) is 0 Å². The van der Waals surface area contributed by atoms with E-state index in [2.05, 4.69) is 0 Å². The Hall–Kier alpha value is -2.05. The molecule has 0 spiro atoms. The fraction of sp³-hybridized carbons (Fsp3) is 0.438. The number of aromatic nitrogens is 1. The smallest absolute Gasteiger partial charge is 0.254 e. The third-order valence-electron chi connectivity index (χ3n) is 3.62. The first-order valence-electron chi connectivity index (χ1n) is 6.95. The summed E-state index contributed by atoms with van der Waals surface area (Å²) in [6.07, 6.45) is -1.05. The fourth-order valence-electron chi connectivity index (χ4n) is 2.12. The molecule has 2 N–H and O–H groups in total. The molecule has 0 radical (unpaired) electrons. The van der Waals surface area contributed by atoms with Crippen molar-refractivity contribution in [3.8, 4) is 11.5 Å². The number of hydrogen-bond acceptors (Lipinski definition) is 5. The van der Waals surface area contributed by atoms with E-state index >= 15 is 0 Å². The van der Waals surface area contributed by atoms with Crippen LogP contribution in [0.2, 0.25) is 0 Å². The Morgan fingerprint density at radius 2 is 2.00 bits per heavy atom. The first-order chi connectivity index (χ1) is 10.3. The molecule has 1 heterocycles. The Bertz CT molecular complexity index is 730. The molecular formula is C16H21NO5. The zero-order chi connectivity index (χ0) is 16.5.